The number of aliphatic hydroxyl groups is 1. The third-order valence-corrected chi connectivity index (χ3v) is 4.33. The molecule has 2 nitrogen and oxygen atoms in total. The minimum Gasteiger partial charge on any atom is -0.392 e. The van der Waals surface area contributed by atoms with Gasteiger partial charge in [0.15, 0.2) is 0 Å². The maximum atomic E-state index is 9.86. The van der Waals surface area contributed by atoms with Crippen LogP contribution in [0.2, 0.25) is 0 Å². The molecule has 0 amide bonds. The Bertz CT molecular complexity index is 199. The van der Waals surface area contributed by atoms with E-state index in [0.717, 1.165) is 19.4 Å². The van der Waals surface area contributed by atoms with Crippen LogP contribution < -0.4 is 5.32 Å². The van der Waals surface area contributed by atoms with Crippen molar-refractivity contribution in [1.82, 2.24) is 5.32 Å². The summed E-state index contributed by atoms with van der Waals surface area (Å²) < 4.78 is 0. The average molecular weight is 211 g/mol. The van der Waals surface area contributed by atoms with Crippen LogP contribution in [0.4, 0.5) is 0 Å². The van der Waals surface area contributed by atoms with Crippen LogP contribution >= 0.6 is 0 Å². The first kappa shape index (κ1) is 11.4. The molecule has 0 aromatic carbocycles. The van der Waals surface area contributed by atoms with Gasteiger partial charge in [0.05, 0.1) is 6.10 Å². The average Bonchev–Trinajstić information content (AvgIpc) is 2.65. The largest absolute Gasteiger partial charge is 0.392 e. The van der Waals surface area contributed by atoms with E-state index in [1.165, 1.54) is 38.5 Å². The van der Waals surface area contributed by atoms with Crippen LogP contribution in [0.25, 0.3) is 0 Å². The number of nitrogens with one attached hydrogen (secondary N) is 1. The lowest BCUT2D eigenvalue weighted by atomic mass is 9.87. The lowest BCUT2D eigenvalue weighted by Crippen LogP contribution is -2.45. The molecule has 2 rings (SSSR count). The quantitative estimate of drug-likeness (QED) is 0.751. The van der Waals surface area contributed by atoms with Gasteiger partial charge in [-0.2, -0.15) is 0 Å². The van der Waals surface area contributed by atoms with Gasteiger partial charge in [0.1, 0.15) is 0 Å². The van der Waals surface area contributed by atoms with E-state index in [1.54, 1.807) is 0 Å². The standard InChI is InChI=1S/C13H25NO/c1-13(8-4-5-9-13)10-14-11-6-2-3-7-12(11)15/h11-12,14-15H,2-10H2,1H3/t11-,12-/m0/s1. The zero-order chi connectivity index (χ0) is 10.7. The Balaban J connectivity index is 1.76. The summed E-state index contributed by atoms with van der Waals surface area (Å²) in [4.78, 5) is 0. The fourth-order valence-electron chi connectivity index (χ4n) is 3.13. The normalized spacial score (nSPS) is 35.6. The fourth-order valence-corrected chi connectivity index (χ4v) is 3.13. The molecule has 2 aliphatic rings. The summed E-state index contributed by atoms with van der Waals surface area (Å²) in [6.07, 6.45) is 10.1. The van der Waals surface area contributed by atoms with Crippen LogP contribution in [-0.4, -0.2) is 23.8 Å². The molecule has 0 aliphatic heterocycles. The molecule has 0 aromatic heterocycles. The lowest BCUT2D eigenvalue weighted by molar-refractivity contribution is 0.0845. The predicted octanol–water partition coefficient (Wildman–Crippen LogP) is 2.46. The van der Waals surface area contributed by atoms with Crippen LogP contribution in [-0.2, 0) is 0 Å². The second kappa shape index (κ2) is 4.84. The SMILES string of the molecule is CC1(CN[C@H]2CCCC[C@@H]2O)CCCC1. The Labute approximate surface area is 93.5 Å². The van der Waals surface area contributed by atoms with Crippen molar-refractivity contribution in [2.45, 2.75) is 70.4 Å². The van der Waals surface area contributed by atoms with Crippen molar-refractivity contribution in [2.24, 2.45) is 5.41 Å². The number of hydrogen-bond acceptors (Lipinski definition) is 2. The van der Waals surface area contributed by atoms with E-state index in [4.69, 9.17) is 0 Å². The van der Waals surface area contributed by atoms with Crippen molar-refractivity contribution in [2.75, 3.05) is 6.54 Å². The topological polar surface area (TPSA) is 32.3 Å². The molecule has 2 heteroatoms. The van der Waals surface area contributed by atoms with Crippen LogP contribution in [0.5, 0.6) is 0 Å². The van der Waals surface area contributed by atoms with Crippen LogP contribution in [0.15, 0.2) is 0 Å². The van der Waals surface area contributed by atoms with Gasteiger partial charge in [-0.25, -0.2) is 0 Å². The van der Waals surface area contributed by atoms with Crippen LogP contribution in [0, 0.1) is 5.41 Å². The highest BCUT2D eigenvalue weighted by Crippen LogP contribution is 2.37. The summed E-state index contributed by atoms with van der Waals surface area (Å²) in [5.74, 6) is 0. The molecule has 0 unspecified atom stereocenters. The predicted molar refractivity (Wildman–Crippen MR) is 62.8 cm³/mol. The Hall–Kier alpha value is -0.0800. The zero-order valence-electron chi connectivity index (χ0n) is 9.97. The van der Waals surface area contributed by atoms with Crippen molar-refractivity contribution in [1.29, 1.82) is 0 Å². The van der Waals surface area contributed by atoms with Crippen molar-refractivity contribution in [3.8, 4) is 0 Å². The van der Waals surface area contributed by atoms with E-state index >= 15 is 0 Å². The van der Waals surface area contributed by atoms with E-state index in [-0.39, 0.29) is 6.10 Å². The molecule has 2 fully saturated rings. The third-order valence-electron chi connectivity index (χ3n) is 4.33. The Morgan fingerprint density at radius 3 is 2.47 bits per heavy atom. The van der Waals surface area contributed by atoms with Crippen molar-refractivity contribution in [3.05, 3.63) is 0 Å². The van der Waals surface area contributed by atoms with E-state index in [1.807, 2.05) is 0 Å². The molecule has 0 saturated heterocycles. The summed E-state index contributed by atoms with van der Waals surface area (Å²) in [5, 5.41) is 13.5. The van der Waals surface area contributed by atoms with E-state index in [0.29, 0.717) is 11.5 Å². The van der Waals surface area contributed by atoms with Gasteiger partial charge in [0.2, 0.25) is 0 Å². The highest BCUT2D eigenvalue weighted by atomic mass is 16.3. The molecule has 2 saturated carbocycles. The summed E-state index contributed by atoms with van der Waals surface area (Å²) in [5.41, 5.74) is 0.511. The Morgan fingerprint density at radius 1 is 1.13 bits per heavy atom. The molecule has 88 valence electrons. The van der Waals surface area contributed by atoms with Crippen molar-refractivity contribution in [3.63, 3.8) is 0 Å². The highest BCUT2D eigenvalue weighted by Gasteiger charge is 2.30. The number of hydrogen-bond donors (Lipinski definition) is 2. The first-order valence-electron chi connectivity index (χ1n) is 6.61. The molecular formula is C13H25NO. The Morgan fingerprint density at radius 2 is 1.80 bits per heavy atom. The molecule has 2 atom stereocenters. The molecule has 0 bridgehead atoms. The van der Waals surface area contributed by atoms with Gasteiger partial charge in [0.25, 0.3) is 0 Å². The minimum absolute atomic E-state index is 0.0937. The van der Waals surface area contributed by atoms with Gasteiger partial charge in [0, 0.05) is 12.6 Å². The second-order valence-electron chi connectivity index (χ2n) is 5.86. The molecule has 2 N–H and O–H groups in total. The summed E-state index contributed by atoms with van der Waals surface area (Å²) in [7, 11) is 0. The van der Waals surface area contributed by atoms with Gasteiger partial charge in [-0.05, 0) is 31.1 Å². The van der Waals surface area contributed by atoms with Gasteiger partial charge in [-0.3, -0.25) is 0 Å². The minimum atomic E-state index is -0.0937. The summed E-state index contributed by atoms with van der Waals surface area (Å²) >= 11 is 0. The van der Waals surface area contributed by atoms with Crippen molar-refractivity contribution >= 4 is 0 Å². The number of rotatable bonds is 3. The zero-order valence-corrected chi connectivity index (χ0v) is 9.97. The second-order valence-corrected chi connectivity index (χ2v) is 5.86. The summed E-state index contributed by atoms with van der Waals surface area (Å²) in [6, 6.07) is 0.371. The van der Waals surface area contributed by atoms with Crippen LogP contribution in [0.3, 0.4) is 0 Å². The summed E-state index contributed by atoms with van der Waals surface area (Å²) in [6.45, 7) is 3.50. The van der Waals surface area contributed by atoms with E-state index in [2.05, 4.69) is 12.2 Å². The van der Waals surface area contributed by atoms with Crippen molar-refractivity contribution < 1.29 is 5.11 Å². The first-order chi connectivity index (χ1) is 7.20. The maximum absolute atomic E-state index is 9.86. The molecular weight excluding hydrogens is 186 g/mol. The molecule has 2 aliphatic carbocycles. The molecule has 0 spiro atoms. The maximum Gasteiger partial charge on any atom is 0.0693 e. The van der Waals surface area contributed by atoms with Gasteiger partial charge in [-0.1, -0.05) is 32.6 Å². The third kappa shape index (κ3) is 2.94. The molecule has 0 heterocycles. The molecule has 0 radical (unpaired) electrons. The molecule has 0 aromatic rings. The molecule has 15 heavy (non-hydrogen) atoms. The van der Waals surface area contributed by atoms with Gasteiger partial charge < -0.3 is 10.4 Å². The van der Waals surface area contributed by atoms with Gasteiger partial charge >= 0.3 is 0 Å². The first-order valence-corrected chi connectivity index (χ1v) is 6.61. The van der Waals surface area contributed by atoms with Crippen LogP contribution in [0.1, 0.15) is 58.3 Å². The van der Waals surface area contributed by atoms with E-state index in [9.17, 15) is 5.11 Å². The highest BCUT2D eigenvalue weighted by molar-refractivity contribution is 4.87. The Kier molecular flexibility index (Phi) is 3.68. The van der Waals surface area contributed by atoms with E-state index < -0.39 is 0 Å². The van der Waals surface area contributed by atoms with Gasteiger partial charge in [-0.15, -0.1) is 0 Å². The monoisotopic (exact) mass is 211 g/mol. The smallest absolute Gasteiger partial charge is 0.0693 e. The fraction of sp³-hybridized carbons (Fsp3) is 1.00. The number of aliphatic hydroxyl groups excluding tert-OH is 1. The lowest BCUT2D eigenvalue weighted by Gasteiger charge is -2.32.